The highest BCUT2D eigenvalue weighted by atomic mass is 16.5. The first-order valence-corrected chi connectivity index (χ1v) is 6.69. The Hall–Kier alpha value is -1.87. The molecule has 0 radical (unpaired) electrons. The van der Waals surface area contributed by atoms with E-state index in [4.69, 9.17) is 4.74 Å². The molecule has 19 heavy (non-hydrogen) atoms. The number of morpholine rings is 1. The van der Waals surface area contributed by atoms with Gasteiger partial charge >= 0.3 is 0 Å². The van der Waals surface area contributed by atoms with Gasteiger partial charge in [0.15, 0.2) is 0 Å². The van der Waals surface area contributed by atoms with Crippen molar-refractivity contribution < 1.29 is 4.74 Å². The van der Waals surface area contributed by atoms with Crippen molar-refractivity contribution in [2.75, 3.05) is 18.0 Å². The molecule has 0 bridgehead atoms. The molecule has 1 fully saturated rings. The van der Waals surface area contributed by atoms with Gasteiger partial charge in [0, 0.05) is 19.3 Å². The van der Waals surface area contributed by atoms with E-state index in [9.17, 15) is 0 Å². The van der Waals surface area contributed by atoms with Crippen molar-refractivity contribution in [1.82, 2.24) is 4.98 Å². The molecule has 0 saturated carbocycles. The molecule has 2 aromatic rings. The lowest BCUT2D eigenvalue weighted by Gasteiger charge is -2.37. The Balaban J connectivity index is 1.82. The molecule has 1 aromatic heterocycles. The zero-order valence-corrected chi connectivity index (χ0v) is 11.1. The van der Waals surface area contributed by atoms with E-state index in [0.717, 1.165) is 18.9 Å². The van der Waals surface area contributed by atoms with E-state index in [1.165, 1.54) is 5.56 Å². The first-order valence-electron chi connectivity index (χ1n) is 6.69. The molecule has 2 atom stereocenters. The third-order valence-electron chi connectivity index (χ3n) is 3.40. The SMILES string of the molecule is CC1CN(c2ccccn2)CC(c2ccccc2)O1. The van der Waals surface area contributed by atoms with Crippen molar-refractivity contribution >= 4 is 5.82 Å². The van der Waals surface area contributed by atoms with Gasteiger partial charge in [-0.25, -0.2) is 4.98 Å². The monoisotopic (exact) mass is 254 g/mol. The van der Waals surface area contributed by atoms with E-state index in [2.05, 4.69) is 47.1 Å². The Morgan fingerprint density at radius 3 is 2.58 bits per heavy atom. The van der Waals surface area contributed by atoms with Crippen molar-refractivity contribution in [3.63, 3.8) is 0 Å². The summed E-state index contributed by atoms with van der Waals surface area (Å²) in [4.78, 5) is 6.73. The second-order valence-electron chi connectivity index (χ2n) is 4.94. The largest absolute Gasteiger partial charge is 0.367 e. The predicted molar refractivity (Wildman–Crippen MR) is 76.2 cm³/mol. The van der Waals surface area contributed by atoms with Gasteiger partial charge in [0.1, 0.15) is 11.9 Å². The molecule has 2 heterocycles. The molecule has 2 unspecified atom stereocenters. The van der Waals surface area contributed by atoms with Crippen LogP contribution >= 0.6 is 0 Å². The Kier molecular flexibility index (Phi) is 3.47. The van der Waals surface area contributed by atoms with E-state index < -0.39 is 0 Å². The van der Waals surface area contributed by atoms with Crippen LogP contribution in [0.15, 0.2) is 54.7 Å². The van der Waals surface area contributed by atoms with E-state index in [1.54, 1.807) is 0 Å². The van der Waals surface area contributed by atoms with E-state index >= 15 is 0 Å². The molecular formula is C16H18N2O. The average molecular weight is 254 g/mol. The fourth-order valence-electron chi connectivity index (χ4n) is 2.53. The number of pyridine rings is 1. The maximum absolute atomic E-state index is 6.05. The topological polar surface area (TPSA) is 25.4 Å². The van der Waals surface area contributed by atoms with Crippen LogP contribution in [0.4, 0.5) is 5.82 Å². The van der Waals surface area contributed by atoms with Crippen molar-refractivity contribution in [2.45, 2.75) is 19.1 Å². The minimum Gasteiger partial charge on any atom is -0.367 e. The summed E-state index contributed by atoms with van der Waals surface area (Å²) in [7, 11) is 0. The molecule has 3 nitrogen and oxygen atoms in total. The van der Waals surface area contributed by atoms with Gasteiger partial charge < -0.3 is 9.64 Å². The van der Waals surface area contributed by atoms with Gasteiger partial charge in [0.2, 0.25) is 0 Å². The van der Waals surface area contributed by atoms with Crippen molar-refractivity contribution in [2.24, 2.45) is 0 Å². The van der Waals surface area contributed by atoms with Gasteiger partial charge in [0.25, 0.3) is 0 Å². The lowest BCUT2D eigenvalue weighted by atomic mass is 10.1. The quantitative estimate of drug-likeness (QED) is 0.823. The van der Waals surface area contributed by atoms with Gasteiger partial charge in [-0.3, -0.25) is 0 Å². The number of hydrogen-bond acceptors (Lipinski definition) is 3. The number of hydrogen-bond donors (Lipinski definition) is 0. The van der Waals surface area contributed by atoms with E-state index in [1.807, 2.05) is 24.4 Å². The molecule has 1 saturated heterocycles. The maximum atomic E-state index is 6.05. The first-order chi connectivity index (χ1) is 9.33. The number of anilines is 1. The molecule has 3 rings (SSSR count). The summed E-state index contributed by atoms with van der Waals surface area (Å²) in [5.41, 5.74) is 1.23. The number of ether oxygens (including phenoxy) is 1. The first kappa shape index (κ1) is 12.2. The Morgan fingerprint density at radius 1 is 1.05 bits per heavy atom. The van der Waals surface area contributed by atoms with E-state index in [-0.39, 0.29) is 12.2 Å². The molecule has 0 N–H and O–H groups in total. The highest BCUT2D eigenvalue weighted by molar-refractivity contribution is 5.39. The number of nitrogens with zero attached hydrogens (tertiary/aromatic N) is 2. The minimum absolute atomic E-state index is 0.118. The summed E-state index contributed by atoms with van der Waals surface area (Å²) in [6.45, 7) is 3.86. The maximum Gasteiger partial charge on any atom is 0.128 e. The van der Waals surface area contributed by atoms with Crippen LogP contribution in [0.25, 0.3) is 0 Å². The van der Waals surface area contributed by atoms with Gasteiger partial charge in [-0.1, -0.05) is 36.4 Å². The Morgan fingerprint density at radius 2 is 1.84 bits per heavy atom. The molecule has 98 valence electrons. The van der Waals surface area contributed by atoms with Crippen LogP contribution in [-0.4, -0.2) is 24.2 Å². The van der Waals surface area contributed by atoms with Crippen LogP contribution in [0, 0.1) is 0 Å². The van der Waals surface area contributed by atoms with Crippen LogP contribution in [-0.2, 0) is 4.74 Å². The molecule has 1 aromatic carbocycles. The summed E-state index contributed by atoms with van der Waals surface area (Å²) in [5, 5.41) is 0. The summed E-state index contributed by atoms with van der Waals surface area (Å²) in [5.74, 6) is 1.03. The lowest BCUT2D eigenvalue weighted by molar-refractivity contribution is -0.0176. The van der Waals surface area contributed by atoms with Crippen molar-refractivity contribution in [1.29, 1.82) is 0 Å². The molecule has 1 aliphatic rings. The summed E-state index contributed by atoms with van der Waals surface area (Å²) in [6.07, 6.45) is 2.17. The Bertz CT molecular complexity index is 467. The molecular weight excluding hydrogens is 236 g/mol. The minimum atomic E-state index is 0.118. The smallest absolute Gasteiger partial charge is 0.128 e. The van der Waals surface area contributed by atoms with Crippen molar-refractivity contribution in [3.05, 3.63) is 60.3 Å². The zero-order valence-electron chi connectivity index (χ0n) is 11.1. The van der Waals surface area contributed by atoms with Crippen molar-refractivity contribution in [3.8, 4) is 0 Å². The van der Waals surface area contributed by atoms with Crippen LogP contribution < -0.4 is 4.90 Å². The summed E-state index contributed by atoms with van der Waals surface area (Å²) < 4.78 is 6.05. The molecule has 0 spiro atoms. The summed E-state index contributed by atoms with van der Waals surface area (Å²) in [6, 6.07) is 16.4. The molecule has 0 amide bonds. The highest BCUT2D eigenvalue weighted by Gasteiger charge is 2.26. The summed E-state index contributed by atoms with van der Waals surface area (Å²) >= 11 is 0. The molecule has 3 heteroatoms. The highest BCUT2D eigenvalue weighted by Crippen LogP contribution is 2.27. The van der Waals surface area contributed by atoms with Gasteiger partial charge in [-0.05, 0) is 24.6 Å². The third-order valence-corrected chi connectivity index (χ3v) is 3.40. The Labute approximate surface area is 113 Å². The average Bonchev–Trinajstić information content (AvgIpc) is 2.48. The second kappa shape index (κ2) is 5.41. The van der Waals surface area contributed by atoms with Crippen LogP contribution in [0.2, 0.25) is 0 Å². The number of rotatable bonds is 2. The number of benzene rings is 1. The normalized spacial score (nSPS) is 23.3. The fraction of sp³-hybridized carbons (Fsp3) is 0.312. The van der Waals surface area contributed by atoms with Gasteiger partial charge in [-0.15, -0.1) is 0 Å². The fourth-order valence-corrected chi connectivity index (χ4v) is 2.53. The van der Waals surface area contributed by atoms with Crippen LogP contribution in [0.3, 0.4) is 0 Å². The molecule has 1 aliphatic heterocycles. The van der Waals surface area contributed by atoms with Crippen LogP contribution in [0.1, 0.15) is 18.6 Å². The predicted octanol–water partition coefficient (Wildman–Crippen LogP) is 3.05. The van der Waals surface area contributed by atoms with Crippen LogP contribution in [0.5, 0.6) is 0 Å². The second-order valence-corrected chi connectivity index (χ2v) is 4.94. The zero-order chi connectivity index (χ0) is 13.1. The lowest BCUT2D eigenvalue weighted by Crippen LogP contribution is -2.43. The number of aromatic nitrogens is 1. The van der Waals surface area contributed by atoms with Gasteiger partial charge in [-0.2, -0.15) is 0 Å². The third kappa shape index (κ3) is 2.76. The van der Waals surface area contributed by atoms with Gasteiger partial charge in [0.05, 0.1) is 6.10 Å². The standard InChI is InChI=1S/C16H18N2O/c1-13-11-18(16-9-5-6-10-17-16)12-15(19-13)14-7-3-2-4-8-14/h2-10,13,15H,11-12H2,1H3. The van der Waals surface area contributed by atoms with E-state index in [0.29, 0.717) is 0 Å². The molecule has 0 aliphatic carbocycles.